The maximum absolute atomic E-state index is 3.78. The summed E-state index contributed by atoms with van der Waals surface area (Å²) in [6.45, 7) is 14.6. The fourth-order valence-electron chi connectivity index (χ4n) is 1.86. The quantitative estimate of drug-likeness (QED) is 0.712. The summed E-state index contributed by atoms with van der Waals surface area (Å²) in [5.74, 6) is 0. The fraction of sp³-hybridized carbons (Fsp3) is 1.00. The monoisotopic (exact) mass is 382 g/mol. The molecule has 96 valence electrons. The Balaban J connectivity index is 4.38. The van der Waals surface area contributed by atoms with Crippen molar-refractivity contribution in [2.24, 2.45) is 0 Å². The van der Waals surface area contributed by atoms with Gasteiger partial charge in [0, 0.05) is 0 Å². The number of nitrogens with zero attached hydrogens (tertiary/aromatic N) is 1. The molecule has 2 radical (unpaired) electrons. The molecule has 0 rings (SSSR count). The molecule has 0 unspecified atom stereocenters. The van der Waals surface area contributed by atoms with Gasteiger partial charge in [-0.2, -0.15) is 0 Å². The number of rotatable bonds is 6. The molecule has 0 aromatic carbocycles. The Kier molecular flexibility index (Phi) is 6.52. The molecule has 1 N–H and O–H groups in total. The van der Waals surface area contributed by atoms with Crippen LogP contribution in [0.3, 0.4) is 0 Å². The van der Waals surface area contributed by atoms with Crippen molar-refractivity contribution < 1.29 is 0 Å². The molecule has 0 aliphatic rings. The number of hydrogen-bond acceptors (Lipinski definition) is 2. The maximum atomic E-state index is 3.78. The van der Waals surface area contributed by atoms with Gasteiger partial charge in [0.1, 0.15) is 0 Å². The molecule has 0 saturated heterocycles. The predicted molar refractivity (Wildman–Crippen MR) is 85.6 cm³/mol. The van der Waals surface area contributed by atoms with Crippen LogP contribution in [-0.4, -0.2) is 53.8 Å². The third kappa shape index (κ3) is 7.65. The normalized spacial score (nSPS) is 14.6. The summed E-state index contributed by atoms with van der Waals surface area (Å²) in [6.07, 6.45) is 1.31. The summed E-state index contributed by atoms with van der Waals surface area (Å²) in [7, 11) is -1.24. The van der Waals surface area contributed by atoms with Crippen molar-refractivity contribution in [2.75, 3.05) is 6.17 Å². The third-order valence-corrected chi connectivity index (χ3v) is 24.8. The predicted octanol–water partition coefficient (Wildman–Crippen LogP) is 2.96. The first-order chi connectivity index (χ1) is 6.84. The molecular formula is C10H30N2Si3Sn. The van der Waals surface area contributed by atoms with E-state index in [2.05, 4.69) is 61.5 Å². The zero-order valence-corrected chi connectivity index (χ0v) is 18.5. The van der Waals surface area contributed by atoms with Gasteiger partial charge < -0.3 is 0 Å². The van der Waals surface area contributed by atoms with E-state index >= 15 is 0 Å². The molecule has 0 aliphatic heterocycles. The van der Waals surface area contributed by atoms with E-state index in [9.17, 15) is 0 Å². The van der Waals surface area contributed by atoms with Gasteiger partial charge in [-0.05, 0) is 0 Å². The van der Waals surface area contributed by atoms with Crippen molar-refractivity contribution >= 4 is 44.8 Å². The van der Waals surface area contributed by atoms with Crippen molar-refractivity contribution in [1.82, 2.24) is 7.44 Å². The second-order valence-electron chi connectivity index (χ2n) is 7.48. The fourth-order valence-corrected chi connectivity index (χ4v) is 31.1. The van der Waals surface area contributed by atoms with Gasteiger partial charge in [0.2, 0.25) is 0 Å². The molecule has 0 saturated carbocycles. The molecule has 0 spiro atoms. The third-order valence-electron chi connectivity index (χ3n) is 2.32. The summed E-state index contributed by atoms with van der Waals surface area (Å²) < 4.78 is 6.72. The SMILES string of the molecule is C[Si](C)(C)N[Si]C[N]([Si](C)(C)C)[Sn]([CH3])([CH3])[CH3]. The molecule has 0 amide bonds. The van der Waals surface area contributed by atoms with Gasteiger partial charge in [0.05, 0.1) is 0 Å². The summed E-state index contributed by atoms with van der Waals surface area (Å²) in [5, 5.41) is 0. The van der Waals surface area contributed by atoms with Crippen LogP contribution in [0.4, 0.5) is 0 Å². The van der Waals surface area contributed by atoms with E-state index in [1.807, 2.05) is 0 Å². The van der Waals surface area contributed by atoms with Crippen LogP contribution in [0.15, 0.2) is 0 Å². The Labute approximate surface area is 112 Å². The molecule has 2 nitrogen and oxygen atoms in total. The molecule has 6 heteroatoms. The Hall–Kier alpha value is 1.37. The van der Waals surface area contributed by atoms with E-state index in [1.54, 1.807) is 0 Å². The minimum absolute atomic E-state index is 0.936. The van der Waals surface area contributed by atoms with Gasteiger partial charge in [-0.25, -0.2) is 0 Å². The summed E-state index contributed by atoms with van der Waals surface area (Å²) in [5.41, 5.74) is 0. The molecular weight excluding hydrogens is 351 g/mol. The molecule has 0 atom stereocenters. The summed E-state index contributed by atoms with van der Waals surface area (Å²) in [4.78, 5) is 7.64. The van der Waals surface area contributed by atoms with Gasteiger partial charge >= 0.3 is 113 Å². The Morgan fingerprint density at radius 1 is 1.00 bits per heavy atom. The summed E-state index contributed by atoms with van der Waals surface area (Å²) in [6, 6.07) is 0. The first-order valence-electron chi connectivity index (χ1n) is 6.12. The zero-order valence-electron chi connectivity index (χ0n) is 12.7. The van der Waals surface area contributed by atoms with Crippen molar-refractivity contribution in [2.45, 2.75) is 54.1 Å². The Morgan fingerprint density at radius 3 is 1.69 bits per heavy atom. The van der Waals surface area contributed by atoms with Gasteiger partial charge in [-0.3, -0.25) is 0 Å². The van der Waals surface area contributed by atoms with Crippen LogP contribution in [0.25, 0.3) is 0 Å². The van der Waals surface area contributed by atoms with Gasteiger partial charge in [0.25, 0.3) is 0 Å². The van der Waals surface area contributed by atoms with Gasteiger partial charge in [-0.15, -0.1) is 0 Å². The van der Waals surface area contributed by atoms with Crippen molar-refractivity contribution in [3.05, 3.63) is 0 Å². The second-order valence-corrected chi connectivity index (χ2v) is 33.7. The van der Waals surface area contributed by atoms with Crippen molar-refractivity contribution in [3.63, 3.8) is 0 Å². The van der Waals surface area contributed by atoms with Crippen LogP contribution in [0.2, 0.25) is 54.1 Å². The van der Waals surface area contributed by atoms with Crippen LogP contribution in [-0.2, 0) is 0 Å². The standard InChI is InChI=1S/C7H21N2Si3.3CH3.Sn/c1-11(2,3)8-7-10-9-12(4,5)6;;;;/h9H,7H2,1-6H3;3*1H3;/q-1;;;;+1. The molecule has 0 heterocycles. The molecule has 0 bridgehead atoms. The first kappa shape index (κ1) is 17.4. The number of hydrogen-bond donors (Lipinski definition) is 1. The molecule has 0 aromatic rings. The van der Waals surface area contributed by atoms with Crippen LogP contribution in [0, 0.1) is 0 Å². The molecule has 0 fully saturated rings. The second kappa shape index (κ2) is 6.01. The summed E-state index contributed by atoms with van der Waals surface area (Å²) >= 11 is -1.88. The van der Waals surface area contributed by atoms with Crippen molar-refractivity contribution in [3.8, 4) is 0 Å². The van der Waals surface area contributed by atoms with Gasteiger partial charge in [0.15, 0.2) is 0 Å². The Morgan fingerprint density at radius 2 is 1.44 bits per heavy atom. The van der Waals surface area contributed by atoms with Crippen molar-refractivity contribution in [1.29, 1.82) is 0 Å². The van der Waals surface area contributed by atoms with Crippen LogP contribution < -0.4 is 4.65 Å². The molecule has 16 heavy (non-hydrogen) atoms. The van der Waals surface area contributed by atoms with E-state index in [0.717, 1.165) is 9.68 Å². The van der Waals surface area contributed by atoms with E-state index in [1.165, 1.54) is 6.17 Å². The van der Waals surface area contributed by atoms with Crippen LogP contribution in [0.5, 0.6) is 0 Å². The Bertz CT molecular complexity index is 202. The first-order valence-corrected chi connectivity index (χ1v) is 24.1. The average molecular weight is 381 g/mol. The topological polar surface area (TPSA) is 15.3 Å². The minimum atomic E-state index is -1.88. The molecule has 0 aliphatic carbocycles. The zero-order chi connectivity index (χ0) is 13.2. The van der Waals surface area contributed by atoms with E-state index in [0.29, 0.717) is 0 Å². The van der Waals surface area contributed by atoms with E-state index in [-0.39, 0.29) is 0 Å². The van der Waals surface area contributed by atoms with E-state index < -0.39 is 35.1 Å². The molecule has 0 aromatic heterocycles. The van der Waals surface area contributed by atoms with Gasteiger partial charge in [-0.1, -0.05) is 0 Å². The van der Waals surface area contributed by atoms with E-state index in [4.69, 9.17) is 0 Å². The number of nitrogens with one attached hydrogen (secondary N) is 1. The van der Waals surface area contributed by atoms with Crippen LogP contribution >= 0.6 is 0 Å². The van der Waals surface area contributed by atoms with Crippen LogP contribution in [0.1, 0.15) is 0 Å². The average Bonchev–Trinajstić information content (AvgIpc) is 1.90.